The van der Waals surface area contributed by atoms with Gasteiger partial charge in [-0.3, -0.25) is 4.79 Å². The molecule has 2 rings (SSSR count). The highest BCUT2D eigenvalue weighted by Gasteiger charge is 2.14. The summed E-state index contributed by atoms with van der Waals surface area (Å²) in [6, 6.07) is 9.26. The van der Waals surface area contributed by atoms with Crippen LogP contribution in [0, 0.1) is 6.92 Å². The van der Waals surface area contributed by atoms with E-state index in [1.807, 2.05) is 0 Å². The third-order valence-electron chi connectivity index (χ3n) is 3.76. The van der Waals surface area contributed by atoms with Gasteiger partial charge in [0.15, 0.2) is 11.5 Å². The first-order chi connectivity index (χ1) is 13.3. The monoisotopic (exact) mass is 391 g/mol. The summed E-state index contributed by atoms with van der Waals surface area (Å²) in [6.45, 7) is -1.31. The van der Waals surface area contributed by atoms with Crippen molar-refractivity contribution in [1.29, 1.82) is 0 Å². The summed E-state index contributed by atoms with van der Waals surface area (Å²) in [5.74, 6) is -1.01. The second-order valence-corrected chi connectivity index (χ2v) is 5.60. The Morgan fingerprint density at radius 1 is 1.14 bits per heavy atom. The lowest BCUT2D eigenvalue weighted by atomic mass is 10.1. The molecule has 0 aromatic heterocycles. The molecule has 0 aliphatic heterocycles. The molecule has 0 bridgehead atoms. The molecule has 8 heteroatoms. The van der Waals surface area contributed by atoms with Crippen LogP contribution >= 0.6 is 0 Å². The van der Waals surface area contributed by atoms with Crippen molar-refractivity contribution in [2.45, 2.75) is 13.5 Å². The van der Waals surface area contributed by atoms with E-state index in [-0.39, 0.29) is 17.1 Å². The second-order valence-electron chi connectivity index (χ2n) is 5.60. The van der Waals surface area contributed by atoms with E-state index in [1.54, 1.807) is 25.1 Å². The number of benzene rings is 2. The summed E-state index contributed by atoms with van der Waals surface area (Å²) in [6.07, 6.45) is 2.52. The van der Waals surface area contributed by atoms with Gasteiger partial charge < -0.3 is 19.5 Å². The Kier molecular flexibility index (Phi) is 7.08. The molecule has 0 aliphatic carbocycles. The number of anilines is 1. The lowest BCUT2D eigenvalue weighted by Crippen LogP contribution is -2.10. The molecule has 1 amide bonds. The Balaban J connectivity index is 2.17. The summed E-state index contributed by atoms with van der Waals surface area (Å²) >= 11 is 0. The van der Waals surface area contributed by atoms with E-state index in [2.05, 4.69) is 14.8 Å². The van der Waals surface area contributed by atoms with Crippen LogP contribution in [0.5, 0.6) is 11.5 Å². The number of aryl methyl sites for hydroxylation is 1. The van der Waals surface area contributed by atoms with Gasteiger partial charge in [-0.1, -0.05) is 12.1 Å². The van der Waals surface area contributed by atoms with Crippen LogP contribution in [-0.4, -0.2) is 32.7 Å². The minimum absolute atomic E-state index is 0.122. The van der Waals surface area contributed by atoms with Gasteiger partial charge in [0.25, 0.3) is 0 Å². The highest BCUT2D eigenvalue weighted by atomic mass is 19.3. The van der Waals surface area contributed by atoms with Crippen LogP contribution in [0.15, 0.2) is 42.5 Å². The number of para-hydroxylation sites is 1. The normalized spacial score (nSPS) is 10.8. The maximum Gasteiger partial charge on any atom is 0.387 e. The van der Waals surface area contributed by atoms with E-state index >= 15 is 0 Å². The zero-order valence-corrected chi connectivity index (χ0v) is 15.5. The van der Waals surface area contributed by atoms with Crippen molar-refractivity contribution >= 4 is 23.6 Å². The smallest absolute Gasteiger partial charge is 0.387 e. The van der Waals surface area contributed by atoms with Gasteiger partial charge in [-0.25, -0.2) is 4.79 Å². The molecule has 0 aliphatic rings. The molecule has 1 N–H and O–H groups in total. The number of carbonyl (C=O) groups excluding carboxylic acids is 2. The van der Waals surface area contributed by atoms with E-state index in [0.717, 1.165) is 0 Å². The summed E-state index contributed by atoms with van der Waals surface area (Å²) in [5, 5.41) is 2.66. The number of methoxy groups -OCH3 is 2. The first kappa shape index (κ1) is 20.9. The van der Waals surface area contributed by atoms with Crippen LogP contribution in [0.3, 0.4) is 0 Å². The fourth-order valence-corrected chi connectivity index (χ4v) is 2.43. The highest BCUT2D eigenvalue weighted by Crippen LogP contribution is 2.33. The molecule has 0 spiro atoms. The molecule has 0 unspecified atom stereocenters. The van der Waals surface area contributed by atoms with E-state index in [9.17, 15) is 18.4 Å². The lowest BCUT2D eigenvalue weighted by molar-refractivity contribution is -0.111. The Hall–Kier alpha value is -3.42. The SMILES string of the molecule is COC(=O)c1ccc(NC(=O)/C=C/c2cccc(OC)c2OC(F)F)c(C)c1. The minimum atomic E-state index is -3.03. The number of hydrogen-bond donors (Lipinski definition) is 1. The molecule has 0 heterocycles. The topological polar surface area (TPSA) is 73.9 Å². The molecule has 148 valence electrons. The number of halogens is 2. The van der Waals surface area contributed by atoms with Crippen LogP contribution in [-0.2, 0) is 9.53 Å². The minimum Gasteiger partial charge on any atom is -0.493 e. The van der Waals surface area contributed by atoms with Crippen LogP contribution in [0.1, 0.15) is 21.5 Å². The third kappa shape index (κ3) is 5.29. The van der Waals surface area contributed by atoms with Crippen molar-refractivity contribution in [2.75, 3.05) is 19.5 Å². The van der Waals surface area contributed by atoms with Gasteiger partial charge in [-0.05, 0) is 42.8 Å². The van der Waals surface area contributed by atoms with Gasteiger partial charge in [0.1, 0.15) is 0 Å². The molecule has 0 atom stereocenters. The zero-order valence-electron chi connectivity index (χ0n) is 15.5. The van der Waals surface area contributed by atoms with Gasteiger partial charge >= 0.3 is 12.6 Å². The fraction of sp³-hybridized carbons (Fsp3) is 0.200. The van der Waals surface area contributed by atoms with Crippen molar-refractivity contribution in [3.05, 3.63) is 59.2 Å². The van der Waals surface area contributed by atoms with E-state index < -0.39 is 18.5 Å². The Labute approximate surface area is 160 Å². The molecule has 0 fully saturated rings. The van der Waals surface area contributed by atoms with Crippen molar-refractivity contribution in [1.82, 2.24) is 0 Å². The Bertz CT molecular complexity index is 896. The van der Waals surface area contributed by atoms with Crippen molar-refractivity contribution in [3.8, 4) is 11.5 Å². The lowest BCUT2D eigenvalue weighted by Gasteiger charge is -2.12. The van der Waals surface area contributed by atoms with Gasteiger partial charge in [0.05, 0.1) is 19.8 Å². The number of hydrogen-bond acceptors (Lipinski definition) is 5. The quantitative estimate of drug-likeness (QED) is 0.570. The Morgan fingerprint density at radius 2 is 1.89 bits per heavy atom. The van der Waals surface area contributed by atoms with Crippen LogP contribution < -0.4 is 14.8 Å². The second kappa shape index (κ2) is 9.50. The fourth-order valence-electron chi connectivity index (χ4n) is 2.43. The van der Waals surface area contributed by atoms with Crippen LogP contribution in [0.2, 0.25) is 0 Å². The summed E-state index contributed by atoms with van der Waals surface area (Å²) in [5.41, 5.74) is 1.77. The maximum atomic E-state index is 12.6. The molecule has 0 saturated heterocycles. The van der Waals surface area contributed by atoms with Crippen molar-refractivity contribution < 1.29 is 32.6 Å². The number of nitrogens with one attached hydrogen (secondary N) is 1. The van der Waals surface area contributed by atoms with Crippen LogP contribution in [0.25, 0.3) is 6.08 Å². The number of amides is 1. The number of esters is 1. The summed E-state index contributed by atoms with van der Waals surface area (Å²) in [4.78, 5) is 23.7. The first-order valence-corrected chi connectivity index (χ1v) is 8.15. The van der Waals surface area contributed by atoms with E-state index in [0.29, 0.717) is 16.8 Å². The molecule has 0 radical (unpaired) electrons. The first-order valence-electron chi connectivity index (χ1n) is 8.15. The highest BCUT2D eigenvalue weighted by molar-refractivity contribution is 6.03. The van der Waals surface area contributed by atoms with Gasteiger partial charge in [-0.15, -0.1) is 0 Å². The molecule has 28 heavy (non-hydrogen) atoms. The molecule has 2 aromatic rings. The summed E-state index contributed by atoms with van der Waals surface area (Å²) in [7, 11) is 2.61. The molecule has 6 nitrogen and oxygen atoms in total. The van der Waals surface area contributed by atoms with Crippen LogP contribution in [0.4, 0.5) is 14.5 Å². The Morgan fingerprint density at radius 3 is 2.50 bits per heavy atom. The standard InChI is InChI=1S/C20H19F2NO5/c1-12-11-14(19(25)27-3)7-9-15(12)23-17(24)10-8-13-5-4-6-16(26-2)18(13)28-20(21)22/h4-11,20H,1-3H3,(H,23,24)/b10-8+. The molecule has 0 saturated carbocycles. The zero-order chi connectivity index (χ0) is 20.7. The molecule has 2 aromatic carbocycles. The molecular weight excluding hydrogens is 372 g/mol. The maximum absolute atomic E-state index is 12.6. The molecular formula is C20H19F2NO5. The predicted octanol–water partition coefficient (Wildman–Crippen LogP) is 4.04. The average molecular weight is 391 g/mol. The van der Waals surface area contributed by atoms with E-state index in [4.69, 9.17) is 4.74 Å². The van der Waals surface area contributed by atoms with Crippen molar-refractivity contribution in [2.24, 2.45) is 0 Å². The largest absolute Gasteiger partial charge is 0.493 e. The van der Waals surface area contributed by atoms with E-state index in [1.165, 1.54) is 44.6 Å². The van der Waals surface area contributed by atoms with Gasteiger partial charge in [0, 0.05) is 17.3 Å². The number of rotatable bonds is 7. The number of ether oxygens (including phenoxy) is 3. The van der Waals surface area contributed by atoms with Gasteiger partial charge in [-0.2, -0.15) is 8.78 Å². The predicted molar refractivity (Wildman–Crippen MR) is 99.8 cm³/mol. The van der Waals surface area contributed by atoms with Gasteiger partial charge in [0.2, 0.25) is 5.91 Å². The third-order valence-corrected chi connectivity index (χ3v) is 3.76. The number of alkyl halides is 2. The van der Waals surface area contributed by atoms with Crippen molar-refractivity contribution in [3.63, 3.8) is 0 Å². The number of carbonyl (C=O) groups is 2. The average Bonchev–Trinajstić information content (AvgIpc) is 2.67. The summed E-state index contributed by atoms with van der Waals surface area (Å²) < 4.78 is 39.5.